The van der Waals surface area contributed by atoms with Crippen molar-refractivity contribution in [2.24, 2.45) is 16.3 Å². The fraction of sp³-hybridized carbons (Fsp3) is 0.333. The largest absolute Gasteiger partial charge is 0.409 e. The topological polar surface area (TPSA) is 87.7 Å². The van der Waals surface area contributed by atoms with Crippen LogP contribution in [0.3, 0.4) is 0 Å². The maximum absolute atomic E-state index is 13.4. The maximum Gasteiger partial charge on any atom is 0.238 e. The Labute approximate surface area is 104 Å². The maximum atomic E-state index is 13.4. The lowest BCUT2D eigenvalue weighted by atomic mass is 9.85. The molecule has 1 aromatic rings. The highest BCUT2D eigenvalue weighted by Crippen LogP contribution is 2.24. The van der Waals surface area contributed by atoms with Gasteiger partial charge in [0.2, 0.25) is 5.91 Å². The SMILES string of the molecule is CCC(C)(C(=O)Nc1ccccc1F)/C(N)=N/O. The Hall–Kier alpha value is -2.11. The van der Waals surface area contributed by atoms with E-state index in [2.05, 4.69) is 10.5 Å². The van der Waals surface area contributed by atoms with E-state index in [0.717, 1.165) is 0 Å². The number of para-hydroxylation sites is 1. The molecule has 0 saturated carbocycles. The van der Waals surface area contributed by atoms with Gasteiger partial charge in [0.05, 0.1) is 5.69 Å². The molecule has 1 amide bonds. The molecule has 5 nitrogen and oxygen atoms in total. The summed E-state index contributed by atoms with van der Waals surface area (Å²) < 4.78 is 13.4. The van der Waals surface area contributed by atoms with E-state index in [0.29, 0.717) is 6.42 Å². The number of hydrogen-bond acceptors (Lipinski definition) is 3. The normalized spacial score (nSPS) is 14.9. The molecule has 6 heteroatoms. The molecule has 0 aliphatic carbocycles. The molecule has 0 heterocycles. The van der Waals surface area contributed by atoms with Crippen LogP contribution in [0.25, 0.3) is 0 Å². The Morgan fingerprint density at radius 2 is 2.17 bits per heavy atom. The van der Waals surface area contributed by atoms with Crippen molar-refractivity contribution >= 4 is 17.4 Å². The van der Waals surface area contributed by atoms with Crippen LogP contribution in [0, 0.1) is 11.2 Å². The van der Waals surface area contributed by atoms with Crippen LogP contribution >= 0.6 is 0 Å². The minimum atomic E-state index is -1.18. The number of halogens is 1. The zero-order valence-corrected chi connectivity index (χ0v) is 10.3. The van der Waals surface area contributed by atoms with Gasteiger partial charge >= 0.3 is 0 Å². The molecule has 1 unspecified atom stereocenters. The molecule has 98 valence electrons. The molecular weight excluding hydrogens is 237 g/mol. The molecule has 4 N–H and O–H groups in total. The number of amides is 1. The molecule has 18 heavy (non-hydrogen) atoms. The van der Waals surface area contributed by atoms with E-state index in [1.165, 1.54) is 25.1 Å². The predicted octanol–water partition coefficient (Wildman–Crippen LogP) is 1.93. The summed E-state index contributed by atoms with van der Waals surface area (Å²) in [5, 5.41) is 14.0. The van der Waals surface area contributed by atoms with Crippen molar-refractivity contribution < 1.29 is 14.4 Å². The second-order valence-electron chi connectivity index (χ2n) is 4.10. The van der Waals surface area contributed by atoms with Crippen LogP contribution in [0.5, 0.6) is 0 Å². The molecule has 1 atom stereocenters. The summed E-state index contributed by atoms with van der Waals surface area (Å²) in [5.74, 6) is -1.27. The third-order valence-corrected chi connectivity index (χ3v) is 3.00. The number of carbonyl (C=O) groups is 1. The number of oxime groups is 1. The summed E-state index contributed by atoms with van der Waals surface area (Å²) >= 11 is 0. The Bertz CT molecular complexity index is 476. The summed E-state index contributed by atoms with van der Waals surface area (Å²) in [6, 6.07) is 5.80. The first kappa shape index (κ1) is 14.0. The second kappa shape index (κ2) is 5.48. The monoisotopic (exact) mass is 253 g/mol. The average molecular weight is 253 g/mol. The van der Waals surface area contributed by atoms with E-state index in [4.69, 9.17) is 10.9 Å². The van der Waals surface area contributed by atoms with Gasteiger partial charge in [-0.25, -0.2) is 4.39 Å². The number of nitrogens with zero attached hydrogens (tertiary/aromatic N) is 1. The van der Waals surface area contributed by atoms with Gasteiger partial charge in [-0.3, -0.25) is 4.79 Å². The molecule has 0 bridgehead atoms. The van der Waals surface area contributed by atoms with Gasteiger partial charge in [0.15, 0.2) is 5.84 Å². The minimum Gasteiger partial charge on any atom is -0.409 e. The van der Waals surface area contributed by atoms with Crippen molar-refractivity contribution in [1.29, 1.82) is 0 Å². The summed E-state index contributed by atoms with van der Waals surface area (Å²) in [7, 11) is 0. The van der Waals surface area contributed by atoms with Gasteiger partial charge < -0.3 is 16.3 Å². The number of amidine groups is 1. The Kier molecular flexibility index (Phi) is 4.25. The lowest BCUT2D eigenvalue weighted by molar-refractivity contribution is -0.121. The van der Waals surface area contributed by atoms with Gasteiger partial charge in [-0.1, -0.05) is 24.2 Å². The summed E-state index contributed by atoms with van der Waals surface area (Å²) in [4.78, 5) is 12.1. The zero-order chi connectivity index (χ0) is 13.8. The van der Waals surface area contributed by atoms with Gasteiger partial charge in [-0.15, -0.1) is 0 Å². The first-order valence-electron chi connectivity index (χ1n) is 5.49. The molecule has 0 spiro atoms. The number of hydrogen-bond donors (Lipinski definition) is 3. The zero-order valence-electron chi connectivity index (χ0n) is 10.3. The number of anilines is 1. The summed E-state index contributed by atoms with van der Waals surface area (Å²) in [6.45, 7) is 3.25. The van der Waals surface area contributed by atoms with Crippen LogP contribution in [-0.2, 0) is 4.79 Å². The van der Waals surface area contributed by atoms with E-state index in [1.807, 2.05) is 0 Å². The summed E-state index contributed by atoms with van der Waals surface area (Å²) in [6.07, 6.45) is 0.323. The molecule has 1 rings (SSSR count). The van der Waals surface area contributed by atoms with Gasteiger partial charge in [0, 0.05) is 0 Å². The standard InChI is InChI=1S/C12H16FN3O2/c1-3-12(2,10(14)16-18)11(17)15-9-7-5-4-6-8(9)13/h4-7,18H,3H2,1-2H3,(H2,14,16)(H,15,17). The van der Waals surface area contributed by atoms with Crippen molar-refractivity contribution in [1.82, 2.24) is 0 Å². The van der Waals surface area contributed by atoms with Gasteiger partial charge in [0.1, 0.15) is 11.2 Å². The van der Waals surface area contributed by atoms with E-state index in [9.17, 15) is 9.18 Å². The lowest BCUT2D eigenvalue weighted by Gasteiger charge is -2.25. The molecule has 1 aromatic carbocycles. The average Bonchev–Trinajstić information content (AvgIpc) is 2.39. The third-order valence-electron chi connectivity index (χ3n) is 3.00. The van der Waals surface area contributed by atoms with Crippen LogP contribution < -0.4 is 11.1 Å². The third kappa shape index (κ3) is 2.58. The predicted molar refractivity (Wildman–Crippen MR) is 66.8 cm³/mol. The summed E-state index contributed by atoms with van der Waals surface area (Å²) in [5.41, 5.74) is 4.38. The van der Waals surface area contributed by atoms with Crippen molar-refractivity contribution in [3.63, 3.8) is 0 Å². The van der Waals surface area contributed by atoms with Crippen LogP contribution in [-0.4, -0.2) is 17.0 Å². The number of benzene rings is 1. The second-order valence-corrected chi connectivity index (χ2v) is 4.10. The van der Waals surface area contributed by atoms with Crippen molar-refractivity contribution in [3.05, 3.63) is 30.1 Å². The quantitative estimate of drug-likeness (QED) is 0.331. The molecule has 0 fully saturated rings. The number of nitrogens with two attached hydrogens (primary N) is 1. The van der Waals surface area contributed by atoms with E-state index in [-0.39, 0.29) is 11.5 Å². The number of nitrogens with one attached hydrogen (secondary N) is 1. The highest BCUT2D eigenvalue weighted by atomic mass is 19.1. The molecule has 0 aliphatic heterocycles. The van der Waals surface area contributed by atoms with E-state index < -0.39 is 17.1 Å². The van der Waals surface area contributed by atoms with Crippen LogP contribution in [0.2, 0.25) is 0 Å². The molecule has 0 aromatic heterocycles. The molecule has 0 aliphatic rings. The van der Waals surface area contributed by atoms with Crippen molar-refractivity contribution in [3.8, 4) is 0 Å². The molecule has 0 saturated heterocycles. The Morgan fingerprint density at radius 3 is 2.67 bits per heavy atom. The minimum absolute atomic E-state index is 0.0629. The van der Waals surface area contributed by atoms with Crippen molar-refractivity contribution in [2.45, 2.75) is 20.3 Å². The first-order chi connectivity index (χ1) is 8.45. The highest BCUT2D eigenvalue weighted by Gasteiger charge is 2.36. The molecular formula is C12H16FN3O2. The Morgan fingerprint density at radius 1 is 1.56 bits per heavy atom. The van der Waals surface area contributed by atoms with Gasteiger partial charge in [0.25, 0.3) is 0 Å². The fourth-order valence-electron chi connectivity index (χ4n) is 1.39. The fourth-order valence-corrected chi connectivity index (χ4v) is 1.39. The molecule has 0 radical (unpaired) electrons. The number of rotatable bonds is 4. The Balaban J connectivity index is 2.98. The first-order valence-corrected chi connectivity index (χ1v) is 5.49. The van der Waals surface area contributed by atoms with E-state index in [1.54, 1.807) is 13.0 Å². The van der Waals surface area contributed by atoms with Crippen molar-refractivity contribution in [2.75, 3.05) is 5.32 Å². The van der Waals surface area contributed by atoms with Crippen LogP contribution in [0.15, 0.2) is 29.4 Å². The number of carbonyl (C=O) groups excluding carboxylic acids is 1. The van der Waals surface area contributed by atoms with Crippen LogP contribution in [0.1, 0.15) is 20.3 Å². The highest BCUT2D eigenvalue weighted by molar-refractivity contribution is 6.11. The van der Waals surface area contributed by atoms with Crippen LogP contribution in [0.4, 0.5) is 10.1 Å². The van der Waals surface area contributed by atoms with Gasteiger partial charge in [-0.05, 0) is 25.5 Å². The van der Waals surface area contributed by atoms with Gasteiger partial charge in [-0.2, -0.15) is 0 Å². The smallest absolute Gasteiger partial charge is 0.238 e. The lowest BCUT2D eigenvalue weighted by Crippen LogP contribution is -2.44. The van der Waals surface area contributed by atoms with E-state index >= 15 is 0 Å².